The summed E-state index contributed by atoms with van der Waals surface area (Å²) in [6.07, 6.45) is 0.0676. The van der Waals surface area contributed by atoms with Gasteiger partial charge in [-0.15, -0.1) is 0 Å². The topological polar surface area (TPSA) is 71.0 Å². The lowest BCUT2D eigenvalue weighted by atomic mass is 10.2. The number of hydrogen-bond donors (Lipinski definition) is 1. The standard InChI is InChI=1S/C19H18ClN3O3S/c1-23-18(25)16(11-17(24)21-13-5-3-12(20)4-6-13)27-19(23)22-14-7-9-15(26-2)10-8-14/h3-10,16H,11H2,1-2H3,(H,21,24)/t16-/m0/s1. The van der Waals surface area contributed by atoms with E-state index in [2.05, 4.69) is 10.3 Å². The molecule has 0 radical (unpaired) electrons. The van der Waals surface area contributed by atoms with Crippen molar-refractivity contribution in [1.29, 1.82) is 0 Å². The van der Waals surface area contributed by atoms with Crippen molar-refractivity contribution in [2.45, 2.75) is 11.7 Å². The van der Waals surface area contributed by atoms with Gasteiger partial charge in [-0.3, -0.25) is 14.5 Å². The Bertz CT molecular complexity index is 869. The molecule has 2 amide bonds. The Labute approximate surface area is 166 Å². The molecule has 0 aromatic heterocycles. The fourth-order valence-corrected chi connectivity index (χ4v) is 3.76. The quantitative estimate of drug-likeness (QED) is 0.820. The fourth-order valence-electron chi connectivity index (χ4n) is 2.48. The maximum Gasteiger partial charge on any atom is 0.242 e. The Morgan fingerprint density at radius 2 is 1.89 bits per heavy atom. The summed E-state index contributed by atoms with van der Waals surface area (Å²) in [5.41, 5.74) is 1.35. The highest BCUT2D eigenvalue weighted by molar-refractivity contribution is 8.15. The van der Waals surface area contributed by atoms with E-state index in [-0.39, 0.29) is 18.2 Å². The van der Waals surface area contributed by atoms with Gasteiger partial charge in [0.1, 0.15) is 11.0 Å². The van der Waals surface area contributed by atoms with Gasteiger partial charge in [0.15, 0.2) is 5.17 Å². The molecule has 2 aromatic rings. The monoisotopic (exact) mass is 403 g/mol. The molecule has 1 fully saturated rings. The fraction of sp³-hybridized carbons (Fsp3) is 0.211. The third-order valence-corrected chi connectivity index (χ3v) is 5.42. The molecule has 1 saturated heterocycles. The lowest BCUT2D eigenvalue weighted by Gasteiger charge is -2.09. The molecule has 1 aliphatic heterocycles. The number of carbonyl (C=O) groups is 2. The lowest BCUT2D eigenvalue weighted by Crippen LogP contribution is -2.30. The first-order chi connectivity index (χ1) is 13.0. The first-order valence-corrected chi connectivity index (χ1v) is 9.44. The number of nitrogens with zero attached hydrogens (tertiary/aromatic N) is 2. The van der Waals surface area contributed by atoms with Crippen LogP contribution in [0.4, 0.5) is 11.4 Å². The second-order valence-electron chi connectivity index (χ2n) is 5.86. The molecule has 1 atom stereocenters. The number of amidine groups is 1. The molecule has 0 unspecified atom stereocenters. The molecular formula is C19H18ClN3O3S. The molecule has 0 aliphatic carbocycles. The van der Waals surface area contributed by atoms with Gasteiger partial charge in [-0.05, 0) is 48.5 Å². The minimum absolute atomic E-state index is 0.0676. The first kappa shape index (κ1) is 19.3. The number of carbonyl (C=O) groups excluding carboxylic acids is 2. The SMILES string of the molecule is COc1ccc(N=C2S[C@@H](CC(=O)Nc3ccc(Cl)cc3)C(=O)N2C)cc1. The van der Waals surface area contributed by atoms with Crippen molar-refractivity contribution in [3.05, 3.63) is 53.6 Å². The van der Waals surface area contributed by atoms with Crippen molar-refractivity contribution >= 4 is 51.7 Å². The van der Waals surface area contributed by atoms with Crippen LogP contribution in [0.2, 0.25) is 5.02 Å². The van der Waals surface area contributed by atoms with Gasteiger partial charge in [0.25, 0.3) is 0 Å². The number of ether oxygens (including phenoxy) is 1. The number of benzene rings is 2. The number of rotatable bonds is 5. The molecule has 8 heteroatoms. The van der Waals surface area contributed by atoms with Crippen molar-refractivity contribution in [3.8, 4) is 5.75 Å². The molecule has 0 bridgehead atoms. The number of methoxy groups -OCH3 is 1. The molecule has 1 N–H and O–H groups in total. The smallest absolute Gasteiger partial charge is 0.242 e. The van der Waals surface area contributed by atoms with Gasteiger partial charge in [-0.25, -0.2) is 4.99 Å². The molecule has 0 spiro atoms. The third kappa shape index (κ3) is 4.81. The Morgan fingerprint density at radius 1 is 1.22 bits per heavy atom. The number of amides is 2. The van der Waals surface area contributed by atoms with Gasteiger partial charge in [0.05, 0.1) is 12.8 Å². The second-order valence-corrected chi connectivity index (χ2v) is 7.46. The largest absolute Gasteiger partial charge is 0.497 e. The zero-order valence-corrected chi connectivity index (χ0v) is 16.4. The lowest BCUT2D eigenvalue weighted by molar-refractivity contribution is -0.127. The minimum Gasteiger partial charge on any atom is -0.497 e. The predicted molar refractivity (Wildman–Crippen MR) is 109 cm³/mol. The van der Waals surface area contributed by atoms with Crippen LogP contribution in [0.1, 0.15) is 6.42 Å². The van der Waals surface area contributed by atoms with Crippen LogP contribution in [0.25, 0.3) is 0 Å². The van der Waals surface area contributed by atoms with Crippen molar-refractivity contribution in [2.24, 2.45) is 4.99 Å². The highest BCUT2D eigenvalue weighted by Gasteiger charge is 2.36. The Kier molecular flexibility index (Phi) is 6.03. The average Bonchev–Trinajstić information content (AvgIpc) is 2.92. The van der Waals surface area contributed by atoms with Crippen molar-refractivity contribution in [2.75, 3.05) is 19.5 Å². The predicted octanol–water partition coefficient (Wildman–Crippen LogP) is 3.94. The summed E-state index contributed by atoms with van der Waals surface area (Å²) < 4.78 is 5.12. The van der Waals surface area contributed by atoms with E-state index in [1.165, 1.54) is 16.7 Å². The van der Waals surface area contributed by atoms with E-state index in [1.807, 2.05) is 12.1 Å². The molecule has 3 rings (SSSR count). The van der Waals surface area contributed by atoms with Gasteiger partial charge in [0.2, 0.25) is 11.8 Å². The summed E-state index contributed by atoms with van der Waals surface area (Å²) in [6, 6.07) is 14.0. The van der Waals surface area contributed by atoms with Crippen LogP contribution in [0.5, 0.6) is 5.75 Å². The maximum atomic E-state index is 12.4. The number of anilines is 1. The minimum atomic E-state index is -0.501. The summed E-state index contributed by atoms with van der Waals surface area (Å²) in [4.78, 5) is 30.7. The van der Waals surface area contributed by atoms with Crippen LogP contribution in [0, 0.1) is 0 Å². The van der Waals surface area contributed by atoms with E-state index in [0.717, 1.165) is 5.75 Å². The molecule has 0 saturated carbocycles. The van der Waals surface area contributed by atoms with Gasteiger partial charge < -0.3 is 10.1 Å². The highest BCUT2D eigenvalue weighted by atomic mass is 35.5. The summed E-state index contributed by atoms with van der Waals surface area (Å²) in [7, 11) is 3.26. The van der Waals surface area contributed by atoms with Gasteiger partial charge >= 0.3 is 0 Å². The summed E-state index contributed by atoms with van der Waals surface area (Å²) in [5.74, 6) is 0.361. The molecule has 140 valence electrons. The van der Waals surface area contributed by atoms with Crippen LogP contribution in [-0.2, 0) is 9.59 Å². The molecule has 27 heavy (non-hydrogen) atoms. The number of halogens is 1. The Hall–Kier alpha value is -2.51. The molecule has 2 aromatic carbocycles. The van der Waals surface area contributed by atoms with Crippen LogP contribution in [0.3, 0.4) is 0 Å². The zero-order valence-electron chi connectivity index (χ0n) is 14.8. The maximum absolute atomic E-state index is 12.4. The highest BCUT2D eigenvalue weighted by Crippen LogP contribution is 2.31. The van der Waals surface area contributed by atoms with Gasteiger partial charge in [-0.2, -0.15) is 0 Å². The molecular weight excluding hydrogens is 386 g/mol. The van der Waals surface area contributed by atoms with Crippen LogP contribution >= 0.6 is 23.4 Å². The van der Waals surface area contributed by atoms with Crippen LogP contribution in [-0.4, -0.2) is 41.3 Å². The van der Waals surface area contributed by atoms with Gasteiger partial charge in [-0.1, -0.05) is 23.4 Å². The van der Waals surface area contributed by atoms with Crippen LogP contribution < -0.4 is 10.1 Å². The third-order valence-electron chi connectivity index (χ3n) is 3.94. The van der Waals surface area contributed by atoms with E-state index in [9.17, 15) is 9.59 Å². The normalized spacial score (nSPS) is 18.0. The number of thioether (sulfide) groups is 1. The molecule has 1 heterocycles. The van der Waals surface area contributed by atoms with Gasteiger partial charge in [0, 0.05) is 24.2 Å². The van der Waals surface area contributed by atoms with E-state index in [4.69, 9.17) is 16.3 Å². The van der Waals surface area contributed by atoms with Crippen LogP contribution in [0.15, 0.2) is 53.5 Å². The molecule has 6 nitrogen and oxygen atoms in total. The first-order valence-electron chi connectivity index (χ1n) is 8.18. The average molecular weight is 404 g/mol. The van der Waals surface area contributed by atoms with E-state index >= 15 is 0 Å². The number of aliphatic imine (C=N–C) groups is 1. The second kappa shape index (κ2) is 8.45. The summed E-state index contributed by atoms with van der Waals surface area (Å²) in [5, 5.41) is 3.43. The van der Waals surface area contributed by atoms with Crippen molar-refractivity contribution in [3.63, 3.8) is 0 Å². The van der Waals surface area contributed by atoms with E-state index in [0.29, 0.717) is 21.6 Å². The number of hydrogen-bond acceptors (Lipinski definition) is 5. The Morgan fingerprint density at radius 3 is 2.52 bits per heavy atom. The summed E-state index contributed by atoms with van der Waals surface area (Å²) >= 11 is 7.12. The zero-order chi connectivity index (χ0) is 19.4. The molecule has 1 aliphatic rings. The summed E-state index contributed by atoms with van der Waals surface area (Å²) in [6.45, 7) is 0. The van der Waals surface area contributed by atoms with E-state index < -0.39 is 5.25 Å². The van der Waals surface area contributed by atoms with E-state index in [1.54, 1.807) is 50.6 Å². The Balaban J connectivity index is 1.65. The number of nitrogens with one attached hydrogen (secondary N) is 1. The van der Waals surface area contributed by atoms with Crippen molar-refractivity contribution in [1.82, 2.24) is 4.90 Å². The van der Waals surface area contributed by atoms with Crippen molar-refractivity contribution < 1.29 is 14.3 Å².